The van der Waals surface area contributed by atoms with E-state index in [1.165, 1.54) is 12.1 Å². The summed E-state index contributed by atoms with van der Waals surface area (Å²) in [6.07, 6.45) is 0.986. The molecule has 0 radical (unpaired) electrons. The highest BCUT2D eigenvalue weighted by Gasteiger charge is 2.38. The van der Waals surface area contributed by atoms with E-state index in [1.54, 1.807) is 0 Å². The van der Waals surface area contributed by atoms with Crippen LogP contribution >= 0.6 is 0 Å². The lowest BCUT2D eigenvalue weighted by atomic mass is 10.1. The minimum absolute atomic E-state index is 0.0295. The van der Waals surface area contributed by atoms with Gasteiger partial charge in [0.25, 0.3) is 5.91 Å². The van der Waals surface area contributed by atoms with E-state index >= 15 is 0 Å². The summed E-state index contributed by atoms with van der Waals surface area (Å²) in [7, 11) is 0. The van der Waals surface area contributed by atoms with Crippen LogP contribution in [-0.4, -0.2) is 24.3 Å². The second kappa shape index (κ2) is 6.55. The summed E-state index contributed by atoms with van der Waals surface area (Å²) in [6.45, 7) is 2.24. The molecule has 1 aliphatic rings. The van der Waals surface area contributed by atoms with E-state index in [-0.39, 0.29) is 41.9 Å². The van der Waals surface area contributed by atoms with Crippen molar-refractivity contribution in [3.05, 3.63) is 29.6 Å². The fourth-order valence-corrected chi connectivity index (χ4v) is 2.13. The van der Waals surface area contributed by atoms with Gasteiger partial charge in [-0.2, -0.15) is 0 Å². The van der Waals surface area contributed by atoms with Gasteiger partial charge < -0.3 is 16.4 Å². The average molecular weight is 307 g/mol. The molecule has 0 spiro atoms. The highest BCUT2D eigenvalue weighted by Crippen LogP contribution is 2.37. The topological polar surface area (TPSA) is 101 Å². The molecular formula is C15H18FN3O3. The molecule has 3 amide bonds. The standard InChI is InChI=1S/C15H18FN3O3/c1-8-6-10(8)15(22)18-5-4-13(20)19-9-2-3-12(16)11(7-9)14(17)21/h2-3,7-8,10H,4-6H2,1H3,(H2,17,21)(H,18,22)(H,19,20)/t8-,10+/m0/s1. The van der Waals surface area contributed by atoms with Crippen molar-refractivity contribution < 1.29 is 18.8 Å². The van der Waals surface area contributed by atoms with Crippen LogP contribution in [-0.2, 0) is 9.59 Å². The highest BCUT2D eigenvalue weighted by atomic mass is 19.1. The lowest BCUT2D eigenvalue weighted by molar-refractivity contribution is -0.122. The van der Waals surface area contributed by atoms with E-state index in [4.69, 9.17) is 5.73 Å². The number of primary amides is 1. The first-order valence-corrected chi connectivity index (χ1v) is 7.05. The number of nitrogens with two attached hydrogens (primary N) is 1. The van der Waals surface area contributed by atoms with Crippen molar-refractivity contribution in [2.75, 3.05) is 11.9 Å². The molecule has 7 heteroatoms. The fraction of sp³-hybridized carbons (Fsp3) is 0.400. The summed E-state index contributed by atoms with van der Waals surface area (Å²) in [4.78, 5) is 34.3. The Morgan fingerprint density at radius 1 is 1.36 bits per heavy atom. The number of carbonyl (C=O) groups excluding carboxylic acids is 3. The summed E-state index contributed by atoms with van der Waals surface area (Å²) in [6, 6.07) is 3.58. The third-order valence-electron chi connectivity index (χ3n) is 3.61. The van der Waals surface area contributed by atoms with Crippen molar-refractivity contribution in [2.45, 2.75) is 19.8 Å². The van der Waals surface area contributed by atoms with E-state index in [0.717, 1.165) is 12.5 Å². The molecule has 1 aromatic carbocycles. The molecule has 1 aromatic rings. The van der Waals surface area contributed by atoms with Crippen LogP contribution in [0.5, 0.6) is 0 Å². The zero-order chi connectivity index (χ0) is 16.3. The van der Waals surface area contributed by atoms with Gasteiger partial charge in [0.05, 0.1) is 5.56 Å². The molecule has 4 N–H and O–H groups in total. The number of hydrogen-bond donors (Lipinski definition) is 3. The van der Waals surface area contributed by atoms with Crippen LogP contribution < -0.4 is 16.4 Å². The van der Waals surface area contributed by atoms with Gasteiger partial charge in [0.1, 0.15) is 5.82 Å². The smallest absolute Gasteiger partial charge is 0.251 e. The number of nitrogens with one attached hydrogen (secondary N) is 2. The van der Waals surface area contributed by atoms with Crippen molar-refractivity contribution in [1.82, 2.24) is 5.32 Å². The van der Waals surface area contributed by atoms with E-state index in [0.29, 0.717) is 5.92 Å². The van der Waals surface area contributed by atoms with Crippen LogP contribution in [0.4, 0.5) is 10.1 Å². The van der Waals surface area contributed by atoms with Gasteiger partial charge in [0.15, 0.2) is 0 Å². The summed E-state index contributed by atoms with van der Waals surface area (Å²) in [5.74, 6) is -1.53. The Balaban J connectivity index is 1.80. The Bertz CT molecular complexity index is 618. The predicted molar refractivity (Wildman–Crippen MR) is 78.4 cm³/mol. The molecule has 0 bridgehead atoms. The molecular weight excluding hydrogens is 289 g/mol. The number of amides is 3. The van der Waals surface area contributed by atoms with Gasteiger partial charge in [0.2, 0.25) is 11.8 Å². The fourth-order valence-electron chi connectivity index (χ4n) is 2.13. The Labute approximate surface area is 127 Å². The van der Waals surface area contributed by atoms with Crippen LogP contribution in [0.25, 0.3) is 0 Å². The van der Waals surface area contributed by atoms with Crippen LogP contribution in [0.2, 0.25) is 0 Å². The summed E-state index contributed by atoms with van der Waals surface area (Å²) in [5, 5.41) is 5.22. The molecule has 0 saturated heterocycles. The second-order valence-corrected chi connectivity index (χ2v) is 5.47. The van der Waals surface area contributed by atoms with Crippen molar-refractivity contribution in [2.24, 2.45) is 17.6 Å². The molecule has 1 saturated carbocycles. The van der Waals surface area contributed by atoms with Gasteiger partial charge >= 0.3 is 0 Å². The van der Waals surface area contributed by atoms with E-state index < -0.39 is 11.7 Å². The molecule has 0 aromatic heterocycles. The minimum atomic E-state index is -0.903. The SMILES string of the molecule is C[C@H]1C[C@H]1C(=O)NCCC(=O)Nc1ccc(F)c(C(N)=O)c1. The van der Waals surface area contributed by atoms with Crippen molar-refractivity contribution >= 4 is 23.4 Å². The van der Waals surface area contributed by atoms with Crippen LogP contribution in [0.1, 0.15) is 30.1 Å². The zero-order valence-corrected chi connectivity index (χ0v) is 12.2. The maximum absolute atomic E-state index is 13.3. The first kappa shape index (κ1) is 15.9. The van der Waals surface area contributed by atoms with Gasteiger partial charge in [-0.3, -0.25) is 14.4 Å². The van der Waals surface area contributed by atoms with Crippen LogP contribution in [0, 0.1) is 17.7 Å². The van der Waals surface area contributed by atoms with Crippen LogP contribution in [0.15, 0.2) is 18.2 Å². The van der Waals surface area contributed by atoms with Crippen LogP contribution in [0.3, 0.4) is 0 Å². The molecule has 1 fully saturated rings. The minimum Gasteiger partial charge on any atom is -0.366 e. The number of hydrogen-bond acceptors (Lipinski definition) is 3. The zero-order valence-electron chi connectivity index (χ0n) is 12.2. The Hall–Kier alpha value is -2.44. The third-order valence-corrected chi connectivity index (χ3v) is 3.61. The summed E-state index contributed by atoms with van der Waals surface area (Å²) in [5.41, 5.74) is 5.03. The van der Waals surface area contributed by atoms with Gasteiger partial charge in [-0.1, -0.05) is 6.92 Å². The molecule has 0 aliphatic heterocycles. The summed E-state index contributed by atoms with van der Waals surface area (Å²) >= 11 is 0. The van der Waals surface area contributed by atoms with Crippen molar-refractivity contribution in [3.8, 4) is 0 Å². The molecule has 6 nitrogen and oxygen atoms in total. The van der Waals surface area contributed by atoms with Gasteiger partial charge in [-0.25, -0.2) is 4.39 Å². The number of rotatable bonds is 6. The number of benzene rings is 1. The molecule has 1 aliphatic carbocycles. The number of carbonyl (C=O) groups is 3. The lowest BCUT2D eigenvalue weighted by Gasteiger charge is -2.08. The third kappa shape index (κ3) is 4.03. The summed E-state index contributed by atoms with van der Waals surface area (Å²) < 4.78 is 13.3. The van der Waals surface area contributed by atoms with Gasteiger partial charge in [0, 0.05) is 24.6 Å². The predicted octanol–water partition coefficient (Wildman–Crippen LogP) is 1.03. The average Bonchev–Trinajstić information content (AvgIpc) is 3.17. The number of halogens is 1. The number of anilines is 1. The molecule has 118 valence electrons. The molecule has 0 heterocycles. The highest BCUT2D eigenvalue weighted by molar-refractivity contribution is 5.96. The maximum Gasteiger partial charge on any atom is 0.251 e. The van der Waals surface area contributed by atoms with E-state index in [9.17, 15) is 18.8 Å². The second-order valence-electron chi connectivity index (χ2n) is 5.47. The Morgan fingerprint density at radius 3 is 2.64 bits per heavy atom. The quantitative estimate of drug-likeness (QED) is 0.731. The Morgan fingerprint density at radius 2 is 2.05 bits per heavy atom. The first-order chi connectivity index (χ1) is 10.4. The Kier molecular flexibility index (Phi) is 4.75. The van der Waals surface area contributed by atoms with E-state index in [2.05, 4.69) is 10.6 Å². The first-order valence-electron chi connectivity index (χ1n) is 7.05. The van der Waals surface area contributed by atoms with E-state index in [1.807, 2.05) is 6.92 Å². The molecule has 2 atom stereocenters. The van der Waals surface area contributed by atoms with Gasteiger partial charge in [-0.05, 0) is 30.5 Å². The maximum atomic E-state index is 13.3. The van der Waals surface area contributed by atoms with Crippen molar-refractivity contribution in [3.63, 3.8) is 0 Å². The normalized spacial score (nSPS) is 19.4. The molecule has 2 rings (SSSR count). The molecule has 22 heavy (non-hydrogen) atoms. The largest absolute Gasteiger partial charge is 0.366 e. The van der Waals surface area contributed by atoms with Gasteiger partial charge in [-0.15, -0.1) is 0 Å². The van der Waals surface area contributed by atoms with Crippen molar-refractivity contribution in [1.29, 1.82) is 0 Å². The molecule has 0 unspecified atom stereocenters. The monoisotopic (exact) mass is 307 g/mol. The lowest BCUT2D eigenvalue weighted by Crippen LogP contribution is -2.29.